The third-order valence-electron chi connectivity index (χ3n) is 5.23. The highest BCUT2D eigenvalue weighted by molar-refractivity contribution is 6.32. The van der Waals surface area contributed by atoms with Crippen LogP contribution in [-0.4, -0.2) is 16.2 Å². The van der Waals surface area contributed by atoms with Gasteiger partial charge in [0.05, 0.1) is 22.7 Å². The number of hydrogen-bond donors (Lipinski definition) is 0. The van der Waals surface area contributed by atoms with Gasteiger partial charge in [0.1, 0.15) is 11.5 Å². The van der Waals surface area contributed by atoms with E-state index >= 15 is 0 Å². The molecule has 31 heavy (non-hydrogen) atoms. The molecule has 0 fully saturated rings. The minimum atomic E-state index is -0.126. The number of benzene rings is 3. The summed E-state index contributed by atoms with van der Waals surface area (Å²) in [5.41, 5.74) is 3.27. The number of halogens is 1. The van der Waals surface area contributed by atoms with E-state index in [9.17, 15) is 0 Å². The average Bonchev–Trinajstić information content (AvgIpc) is 3.14. The normalized spacial score (nSPS) is 12.1. The molecule has 4 rings (SSSR count). The van der Waals surface area contributed by atoms with Crippen LogP contribution < -0.4 is 9.47 Å². The first-order chi connectivity index (χ1) is 15.2. The molecular weight excluding hydrogens is 408 g/mol. The van der Waals surface area contributed by atoms with E-state index in [1.165, 1.54) is 5.56 Å². The molecule has 1 unspecified atom stereocenters. The van der Waals surface area contributed by atoms with E-state index in [4.69, 9.17) is 26.1 Å². The van der Waals surface area contributed by atoms with Crippen molar-refractivity contribution >= 4 is 22.6 Å². The van der Waals surface area contributed by atoms with Crippen molar-refractivity contribution in [1.29, 1.82) is 0 Å². The van der Waals surface area contributed by atoms with Gasteiger partial charge in [-0.3, -0.25) is 0 Å². The first-order valence-electron chi connectivity index (χ1n) is 10.7. The summed E-state index contributed by atoms with van der Waals surface area (Å²) in [4.78, 5) is 4.93. The van der Waals surface area contributed by atoms with Crippen LogP contribution in [0, 0.1) is 6.92 Å². The number of ether oxygens (including phenoxy) is 2. The van der Waals surface area contributed by atoms with Gasteiger partial charge in [-0.2, -0.15) is 0 Å². The number of fused-ring (bicyclic) bond motifs is 1. The van der Waals surface area contributed by atoms with E-state index in [2.05, 4.69) is 42.7 Å². The van der Waals surface area contributed by atoms with E-state index in [-0.39, 0.29) is 6.10 Å². The first-order valence-corrected chi connectivity index (χ1v) is 11.1. The van der Waals surface area contributed by atoms with Crippen LogP contribution in [0.5, 0.6) is 11.5 Å². The zero-order valence-electron chi connectivity index (χ0n) is 17.9. The van der Waals surface area contributed by atoms with Crippen molar-refractivity contribution in [2.75, 3.05) is 6.61 Å². The maximum Gasteiger partial charge on any atom is 0.156 e. The summed E-state index contributed by atoms with van der Waals surface area (Å²) in [6, 6.07) is 23.9. The fourth-order valence-corrected chi connectivity index (χ4v) is 3.90. The number of para-hydroxylation sites is 3. The number of hydrogen-bond acceptors (Lipinski definition) is 3. The summed E-state index contributed by atoms with van der Waals surface area (Å²) in [7, 11) is 0. The second-order valence-electron chi connectivity index (χ2n) is 7.57. The monoisotopic (exact) mass is 434 g/mol. The van der Waals surface area contributed by atoms with Crippen LogP contribution in [0.15, 0.2) is 72.8 Å². The molecule has 0 aliphatic heterocycles. The van der Waals surface area contributed by atoms with Gasteiger partial charge in [-0.05, 0) is 61.7 Å². The van der Waals surface area contributed by atoms with Gasteiger partial charge in [-0.1, -0.05) is 54.9 Å². The van der Waals surface area contributed by atoms with Crippen molar-refractivity contribution in [2.45, 2.75) is 39.3 Å². The lowest BCUT2D eigenvalue weighted by atomic mass is 10.2. The van der Waals surface area contributed by atoms with Gasteiger partial charge < -0.3 is 14.0 Å². The third kappa shape index (κ3) is 5.02. The minimum absolute atomic E-state index is 0.126. The molecule has 1 heterocycles. The number of rotatable bonds is 9. The summed E-state index contributed by atoms with van der Waals surface area (Å²) in [5.74, 6) is 2.53. The Labute approximate surface area is 188 Å². The quantitative estimate of drug-likeness (QED) is 0.266. The SMILES string of the molecule is CCC(Oc1cccc(C)c1)c1nc2ccccc2n1CCCOc1ccccc1Cl. The fourth-order valence-electron chi connectivity index (χ4n) is 3.71. The first kappa shape index (κ1) is 21.3. The Morgan fingerprint density at radius 1 is 1.00 bits per heavy atom. The van der Waals surface area contributed by atoms with Gasteiger partial charge >= 0.3 is 0 Å². The van der Waals surface area contributed by atoms with Gasteiger partial charge in [0.2, 0.25) is 0 Å². The fraction of sp³-hybridized carbons (Fsp3) is 0.269. The maximum atomic E-state index is 6.36. The van der Waals surface area contributed by atoms with E-state index in [1.54, 1.807) is 0 Å². The number of aromatic nitrogens is 2. The lowest BCUT2D eigenvalue weighted by Crippen LogP contribution is -2.15. The Kier molecular flexibility index (Phi) is 6.78. The minimum Gasteiger partial charge on any atom is -0.492 e. The van der Waals surface area contributed by atoms with E-state index in [0.29, 0.717) is 17.4 Å². The molecule has 0 bridgehead atoms. The Morgan fingerprint density at radius 3 is 2.61 bits per heavy atom. The molecule has 0 saturated carbocycles. The maximum absolute atomic E-state index is 6.36. The number of nitrogens with zero attached hydrogens (tertiary/aromatic N) is 2. The molecule has 1 atom stereocenters. The highest BCUT2D eigenvalue weighted by Gasteiger charge is 2.20. The molecule has 0 N–H and O–H groups in total. The lowest BCUT2D eigenvalue weighted by Gasteiger charge is -2.19. The van der Waals surface area contributed by atoms with Crippen molar-refractivity contribution in [3.05, 3.63) is 89.2 Å². The molecule has 5 heteroatoms. The summed E-state index contributed by atoms with van der Waals surface area (Å²) in [5, 5.41) is 0.633. The Morgan fingerprint density at radius 2 is 1.81 bits per heavy atom. The van der Waals surface area contributed by atoms with Crippen LogP contribution in [0.1, 0.15) is 37.3 Å². The highest BCUT2D eigenvalue weighted by Crippen LogP contribution is 2.28. The molecule has 0 aliphatic rings. The van der Waals surface area contributed by atoms with Gasteiger partial charge in [0, 0.05) is 6.54 Å². The topological polar surface area (TPSA) is 36.3 Å². The van der Waals surface area contributed by atoms with Crippen LogP contribution >= 0.6 is 11.6 Å². The predicted molar refractivity (Wildman–Crippen MR) is 126 cm³/mol. The molecule has 0 aliphatic carbocycles. The standard InChI is InChI=1S/C26H27ClN2O2/c1-3-24(31-20-11-8-10-19(2)18-20)26-28-22-13-5-6-14-23(22)29(26)16-9-17-30-25-15-7-4-12-21(25)27/h4-8,10-15,18,24H,3,9,16-17H2,1-2H3. The molecular formula is C26H27ClN2O2. The van der Waals surface area contributed by atoms with Gasteiger partial charge in [0.15, 0.2) is 11.9 Å². The van der Waals surface area contributed by atoms with Gasteiger partial charge in [-0.25, -0.2) is 4.98 Å². The van der Waals surface area contributed by atoms with Crippen molar-refractivity contribution in [3.8, 4) is 11.5 Å². The van der Waals surface area contributed by atoms with Crippen molar-refractivity contribution < 1.29 is 9.47 Å². The summed E-state index contributed by atoms with van der Waals surface area (Å²) < 4.78 is 14.5. The van der Waals surface area contributed by atoms with Crippen LogP contribution in [0.2, 0.25) is 5.02 Å². The lowest BCUT2D eigenvalue weighted by molar-refractivity contribution is 0.185. The summed E-state index contributed by atoms with van der Waals surface area (Å²) >= 11 is 6.20. The number of aryl methyl sites for hydroxylation is 2. The zero-order valence-corrected chi connectivity index (χ0v) is 18.7. The smallest absolute Gasteiger partial charge is 0.156 e. The van der Waals surface area contributed by atoms with Crippen molar-refractivity contribution in [3.63, 3.8) is 0 Å². The van der Waals surface area contributed by atoms with Crippen molar-refractivity contribution in [2.24, 2.45) is 0 Å². The van der Waals surface area contributed by atoms with E-state index < -0.39 is 0 Å². The van der Waals surface area contributed by atoms with Gasteiger partial charge in [0.25, 0.3) is 0 Å². The Bertz CT molecular complexity index is 1160. The molecule has 160 valence electrons. The molecule has 0 amide bonds. The molecule has 1 aromatic heterocycles. The second kappa shape index (κ2) is 9.88. The van der Waals surface area contributed by atoms with Crippen LogP contribution in [0.3, 0.4) is 0 Å². The predicted octanol–water partition coefficient (Wildman–Crippen LogP) is 7.00. The molecule has 0 spiro atoms. The summed E-state index contributed by atoms with van der Waals surface area (Å²) in [6.45, 7) is 5.56. The van der Waals surface area contributed by atoms with Crippen molar-refractivity contribution in [1.82, 2.24) is 9.55 Å². The van der Waals surface area contributed by atoms with E-state index in [0.717, 1.165) is 42.0 Å². The molecule has 4 aromatic rings. The zero-order chi connectivity index (χ0) is 21.6. The molecule has 0 radical (unpaired) electrons. The van der Waals surface area contributed by atoms with Crippen LogP contribution in [0.4, 0.5) is 0 Å². The molecule has 0 saturated heterocycles. The molecule has 3 aromatic carbocycles. The number of imidazole rings is 1. The highest BCUT2D eigenvalue weighted by atomic mass is 35.5. The Hall–Kier alpha value is -2.98. The van der Waals surface area contributed by atoms with Gasteiger partial charge in [-0.15, -0.1) is 0 Å². The second-order valence-corrected chi connectivity index (χ2v) is 7.98. The third-order valence-corrected chi connectivity index (χ3v) is 5.54. The molecule has 4 nitrogen and oxygen atoms in total. The van der Waals surface area contributed by atoms with E-state index in [1.807, 2.05) is 48.5 Å². The van der Waals surface area contributed by atoms with Crippen LogP contribution in [-0.2, 0) is 6.54 Å². The largest absolute Gasteiger partial charge is 0.492 e. The average molecular weight is 435 g/mol. The summed E-state index contributed by atoms with van der Waals surface area (Å²) in [6.07, 6.45) is 1.53. The Balaban J connectivity index is 1.54. The van der Waals surface area contributed by atoms with Crippen LogP contribution in [0.25, 0.3) is 11.0 Å².